The van der Waals surface area contributed by atoms with Gasteiger partial charge >= 0.3 is 0 Å². The summed E-state index contributed by atoms with van der Waals surface area (Å²) in [4.78, 5) is 0. The molecule has 0 spiro atoms. The summed E-state index contributed by atoms with van der Waals surface area (Å²) < 4.78 is 0. The predicted molar refractivity (Wildman–Crippen MR) is 72.7 cm³/mol. The second-order valence-electron chi connectivity index (χ2n) is 3.38. The summed E-state index contributed by atoms with van der Waals surface area (Å²) in [7, 11) is 0. The van der Waals surface area contributed by atoms with Gasteiger partial charge in [-0.2, -0.15) is 0 Å². The van der Waals surface area contributed by atoms with E-state index in [4.69, 9.17) is 11.6 Å². The zero-order valence-corrected chi connectivity index (χ0v) is 10.1. The first-order valence-corrected chi connectivity index (χ1v) is 5.50. The normalized spacial score (nSPS) is 8.88. The van der Waals surface area contributed by atoms with Crippen molar-refractivity contribution < 1.29 is 0 Å². The Morgan fingerprint density at radius 1 is 1.00 bits per heavy atom. The highest BCUT2D eigenvalue weighted by molar-refractivity contribution is 6.32. The molecule has 1 heteroatoms. The lowest BCUT2D eigenvalue weighted by molar-refractivity contribution is 1.46. The van der Waals surface area contributed by atoms with Crippen molar-refractivity contribution in [3.05, 3.63) is 77.3 Å². The molecule has 0 bridgehead atoms. The van der Waals surface area contributed by atoms with Gasteiger partial charge in [0.15, 0.2) is 0 Å². The third-order valence-corrected chi connectivity index (χ3v) is 2.37. The summed E-state index contributed by atoms with van der Waals surface area (Å²) in [6, 6.07) is 17.9. The molecule has 2 rings (SSSR count). The van der Waals surface area contributed by atoms with Crippen LogP contribution in [0.3, 0.4) is 0 Å². The van der Waals surface area contributed by atoms with Crippen LogP contribution in [-0.2, 0) is 0 Å². The Hall–Kier alpha value is -1.53. The van der Waals surface area contributed by atoms with Gasteiger partial charge in [-0.3, -0.25) is 0 Å². The second-order valence-corrected chi connectivity index (χ2v) is 3.79. The first kappa shape index (κ1) is 12.5. The maximum absolute atomic E-state index is 5.86. The van der Waals surface area contributed by atoms with Crippen molar-refractivity contribution in [2.45, 2.75) is 6.92 Å². The van der Waals surface area contributed by atoms with Gasteiger partial charge in [0.25, 0.3) is 0 Å². The third kappa shape index (κ3) is 4.33. The number of aryl methyl sites for hydroxylation is 1. The molecule has 82 valence electrons. The maximum Gasteiger partial charge on any atom is 0.0480 e. The Bertz CT molecular complexity index is 406. The Morgan fingerprint density at radius 2 is 1.50 bits per heavy atom. The molecule has 0 unspecified atom stereocenters. The molecule has 2 aromatic carbocycles. The fraction of sp³-hybridized carbons (Fsp3) is 0.0667. The summed E-state index contributed by atoms with van der Waals surface area (Å²) in [5.41, 5.74) is 2.17. The molecule has 0 aliphatic heterocycles. The van der Waals surface area contributed by atoms with E-state index < -0.39 is 0 Å². The van der Waals surface area contributed by atoms with Gasteiger partial charge in [-0.15, -0.1) is 0 Å². The van der Waals surface area contributed by atoms with Gasteiger partial charge in [0.1, 0.15) is 0 Å². The minimum atomic E-state index is 0.773. The number of hydrogen-bond acceptors (Lipinski definition) is 0. The summed E-state index contributed by atoms with van der Waals surface area (Å²) in [5, 5.41) is 0.773. The largest absolute Gasteiger partial charge is 0.0984 e. The van der Waals surface area contributed by atoms with Gasteiger partial charge in [-0.05, 0) is 24.1 Å². The zero-order chi connectivity index (χ0) is 11.8. The molecule has 0 amide bonds. The van der Waals surface area contributed by atoms with Crippen molar-refractivity contribution in [3.63, 3.8) is 0 Å². The van der Waals surface area contributed by atoms with Crippen molar-refractivity contribution in [1.29, 1.82) is 0 Å². The van der Waals surface area contributed by atoms with Gasteiger partial charge in [0.05, 0.1) is 0 Å². The van der Waals surface area contributed by atoms with Crippen LogP contribution < -0.4 is 0 Å². The second kappa shape index (κ2) is 6.86. The van der Waals surface area contributed by atoms with Crippen molar-refractivity contribution in [2.24, 2.45) is 0 Å². The minimum absolute atomic E-state index is 0.773. The lowest BCUT2D eigenvalue weighted by atomic mass is 10.1. The molecular formula is C15H15Cl. The average Bonchev–Trinajstić information content (AvgIpc) is 2.32. The van der Waals surface area contributed by atoms with Crippen LogP contribution in [0.2, 0.25) is 5.02 Å². The zero-order valence-electron chi connectivity index (χ0n) is 9.36. The van der Waals surface area contributed by atoms with Crippen molar-refractivity contribution in [3.8, 4) is 0 Å². The summed E-state index contributed by atoms with van der Waals surface area (Å²) in [6.07, 6.45) is 1.75. The Morgan fingerprint density at radius 3 is 1.88 bits per heavy atom. The summed E-state index contributed by atoms with van der Waals surface area (Å²) >= 11 is 5.86. The van der Waals surface area contributed by atoms with Crippen LogP contribution in [0.4, 0.5) is 0 Å². The molecule has 0 saturated carbocycles. The molecule has 0 aliphatic rings. The van der Waals surface area contributed by atoms with Gasteiger partial charge in [0.2, 0.25) is 0 Å². The monoisotopic (exact) mass is 230 g/mol. The molecule has 0 radical (unpaired) electrons. The quantitative estimate of drug-likeness (QED) is 0.648. The van der Waals surface area contributed by atoms with E-state index in [0.717, 1.165) is 10.6 Å². The third-order valence-electron chi connectivity index (χ3n) is 2.04. The highest BCUT2D eigenvalue weighted by Gasteiger charge is 1.93. The highest BCUT2D eigenvalue weighted by Crippen LogP contribution is 2.17. The molecular weight excluding hydrogens is 216 g/mol. The lowest BCUT2D eigenvalue weighted by Gasteiger charge is -1.97. The van der Waals surface area contributed by atoms with E-state index in [1.807, 2.05) is 61.5 Å². The first-order chi connectivity index (χ1) is 7.74. The number of benzene rings is 2. The molecule has 0 N–H and O–H groups in total. The van der Waals surface area contributed by atoms with Crippen molar-refractivity contribution in [1.82, 2.24) is 0 Å². The van der Waals surface area contributed by atoms with Crippen LogP contribution in [0.5, 0.6) is 0 Å². The van der Waals surface area contributed by atoms with Gasteiger partial charge in [-0.25, -0.2) is 0 Å². The van der Waals surface area contributed by atoms with Gasteiger partial charge < -0.3 is 0 Å². The van der Waals surface area contributed by atoms with E-state index in [9.17, 15) is 0 Å². The molecule has 0 saturated heterocycles. The number of halogens is 1. The topological polar surface area (TPSA) is 0 Å². The Labute approximate surface area is 102 Å². The fourth-order valence-electron chi connectivity index (χ4n) is 1.18. The van der Waals surface area contributed by atoms with E-state index in [-0.39, 0.29) is 0 Å². The standard InChI is InChI=1S/C9H9Cl.C6H6/c1-3-8-5-4-7(2)6-9(8)10;1-2-4-6-5-3-1/h3-6H,1H2,2H3;1-6H. The molecule has 0 aliphatic carbocycles. The SMILES string of the molecule is C=Cc1ccc(C)cc1Cl.c1ccccc1. The van der Waals surface area contributed by atoms with E-state index >= 15 is 0 Å². The van der Waals surface area contributed by atoms with E-state index in [2.05, 4.69) is 6.58 Å². The molecule has 0 heterocycles. The van der Waals surface area contributed by atoms with Crippen LogP contribution in [0.1, 0.15) is 11.1 Å². The van der Waals surface area contributed by atoms with Gasteiger partial charge in [0, 0.05) is 5.02 Å². The first-order valence-electron chi connectivity index (χ1n) is 5.12. The van der Waals surface area contributed by atoms with Crippen LogP contribution in [0, 0.1) is 6.92 Å². The molecule has 0 aromatic heterocycles. The highest BCUT2D eigenvalue weighted by atomic mass is 35.5. The fourth-order valence-corrected chi connectivity index (χ4v) is 1.49. The van der Waals surface area contributed by atoms with Gasteiger partial charge in [-0.1, -0.05) is 72.8 Å². The van der Waals surface area contributed by atoms with Crippen LogP contribution in [0.15, 0.2) is 61.2 Å². The minimum Gasteiger partial charge on any atom is -0.0984 e. The molecule has 0 nitrogen and oxygen atoms in total. The smallest absolute Gasteiger partial charge is 0.0480 e. The van der Waals surface area contributed by atoms with E-state index in [1.54, 1.807) is 6.08 Å². The predicted octanol–water partition coefficient (Wildman–Crippen LogP) is 4.98. The lowest BCUT2D eigenvalue weighted by Crippen LogP contribution is -1.75. The maximum atomic E-state index is 5.86. The number of rotatable bonds is 1. The number of hydrogen-bond donors (Lipinski definition) is 0. The molecule has 2 aromatic rings. The molecule has 0 fully saturated rings. The van der Waals surface area contributed by atoms with Crippen LogP contribution in [-0.4, -0.2) is 0 Å². The molecule has 16 heavy (non-hydrogen) atoms. The van der Waals surface area contributed by atoms with Crippen molar-refractivity contribution >= 4 is 17.7 Å². The Kier molecular flexibility index (Phi) is 5.38. The summed E-state index contributed by atoms with van der Waals surface area (Å²) in [6.45, 7) is 5.65. The van der Waals surface area contributed by atoms with Crippen LogP contribution >= 0.6 is 11.6 Å². The average molecular weight is 231 g/mol. The Balaban J connectivity index is 0.000000181. The van der Waals surface area contributed by atoms with E-state index in [0.29, 0.717) is 0 Å². The van der Waals surface area contributed by atoms with Crippen LogP contribution in [0.25, 0.3) is 6.08 Å². The van der Waals surface area contributed by atoms with Crippen molar-refractivity contribution in [2.75, 3.05) is 0 Å². The molecule has 0 atom stereocenters. The summed E-state index contributed by atoms with van der Waals surface area (Å²) in [5.74, 6) is 0. The van der Waals surface area contributed by atoms with E-state index in [1.165, 1.54) is 5.56 Å².